The molecule has 0 unspecified atom stereocenters. The van der Waals surface area contributed by atoms with Gasteiger partial charge in [0.25, 0.3) is 0 Å². The van der Waals surface area contributed by atoms with Crippen molar-refractivity contribution in [1.82, 2.24) is 0 Å². The van der Waals surface area contributed by atoms with E-state index in [0.717, 1.165) is 0 Å². The molecule has 2 aromatic carbocycles. The number of hydrogen-bond acceptors (Lipinski definition) is 5. The van der Waals surface area contributed by atoms with E-state index in [1.165, 1.54) is 12.1 Å². The summed E-state index contributed by atoms with van der Waals surface area (Å²) >= 11 is 0. The lowest BCUT2D eigenvalue weighted by Crippen LogP contribution is -2.31. The Kier molecular flexibility index (Phi) is 6.82. The second-order valence-corrected chi connectivity index (χ2v) is 8.90. The van der Waals surface area contributed by atoms with Crippen LogP contribution in [-0.2, 0) is 26.4 Å². The fourth-order valence-electron chi connectivity index (χ4n) is 3.06. The summed E-state index contributed by atoms with van der Waals surface area (Å²) in [6.45, 7) is 1.34. The molecule has 2 rings (SSSR count). The highest BCUT2D eigenvalue weighted by atomic mass is 35.7. The molecule has 0 aliphatic carbocycles. The van der Waals surface area contributed by atoms with Crippen LogP contribution in [0, 0.1) is 5.41 Å². The van der Waals surface area contributed by atoms with Crippen LogP contribution in [0.5, 0.6) is 0 Å². The fourth-order valence-corrected chi connectivity index (χ4v) is 3.62. The minimum atomic E-state index is -4.26. The van der Waals surface area contributed by atoms with E-state index in [9.17, 15) is 28.2 Å². The van der Waals surface area contributed by atoms with E-state index in [0.29, 0.717) is 11.1 Å². The molecule has 0 aliphatic rings. The Morgan fingerprint density at radius 2 is 1.32 bits per heavy atom. The van der Waals surface area contributed by atoms with E-state index in [4.69, 9.17) is 14.9 Å². The first kappa shape index (κ1) is 21.9. The van der Waals surface area contributed by atoms with Crippen molar-refractivity contribution in [2.45, 2.75) is 19.8 Å². The first-order valence-corrected chi connectivity index (χ1v) is 10.5. The molecule has 0 spiro atoms. The van der Waals surface area contributed by atoms with E-state index >= 15 is 0 Å². The molecule has 0 heterocycles. The zero-order valence-corrected chi connectivity index (χ0v) is 16.5. The molecule has 9 heteroatoms. The first-order chi connectivity index (χ1) is 13.0. The van der Waals surface area contributed by atoms with Crippen LogP contribution in [0.4, 0.5) is 0 Å². The highest BCUT2D eigenvalue weighted by Crippen LogP contribution is 2.31. The maximum atomic E-state index is 11.5. The molecule has 0 amide bonds. The Morgan fingerprint density at radius 1 is 0.929 bits per heavy atom. The van der Waals surface area contributed by atoms with E-state index in [1.807, 2.05) is 0 Å². The van der Waals surface area contributed by atoms with Gasteiger partial charge in [-0.3, -0.25) is 4.18 Å². The summed E-state index contributed by atoms with van der Waals surface area (Å²) in [6.07, 6.45) is 0.270. The quantitative estimate of drug-likeness (QED) is 0.590. The molecule has 0 atom stereocenters. The summed E-state index contributed by atoms with van der Waals surface area (Å²) in [5.41, 5.74) is 0.156. The van der Waals surface area contributed by atoms with Gasteiger partial charge in [-0.15, -0.1) is 0 Å². The van der Waals surface area contributed by atoms with Gasteiger partial charge in [0, 0.05) is 16.1 Å². The van der Waals surface area contributed by atoms with Crippen LogP contribution in [0.3, 0.4) is 0 Å². The van der Waals surface area contributed by atoms with E-state index in [1.54, 1.807) is 43.3 Å². The summed E-state index contributed by atoms with van der Waals surface area (Å²) in [6, 6.07) is 12.7. The standard InChI is InChI=1S/C19H19ClO7S/c1-19(12-27-28(20,25)26,10-13-6-2-4-8-15(13)17(21)22)11-14-7-3-5-9-16(14)18(23)24/h2-9H,10-12H2,1H3,(H,21,22)(H,23,24). The summed E-state index contributed by atoms with van der Waals surface area (Å²) < 4.78 is 27.4. The molecule has 0 aliphatic heterocycles. The number of carboxylic acids is 2. The van der Waals surface area contributed by atoms with Gasteiger partial charge >= 0.3 is 21.3 Å². The van der Waals surface area contributed by atoms with Crippen LogP contribution in [0.2, 0.25) is 0 Å². The Morgan fingerprint density at radius 3 is 1.68 bits per heavy atom. The van der Waals surface area contributed by atoms with Gasteiger partial charge < -0.3 is 10.2 Å². The normalized spacial score (nSPS) is 11.9. The van der Waals surface area contributed by atoms with Crippen molar-refractivity contribution in [1.29, 1.82) is 0 Å². The van der Waals surface area contributed by atoms with Gasteiger partial charge in [-0.1, -0.05) is 43.3 Å². The van der Waals surface area contributed by atoms with Crippen molar-refractivity contribution in [2.75, 3.05) is 6.61 Å². The molecule has 0 aromatic heterocycles. The Labute approximate surface area is 167 Å². The molecule has 28 heavy (non-hydrogen) atoms. The van der Waals surface area contributed by atoms with Crippen LogP contribution in [0.15, 0.2) is 48.5 Å². The maximum absolute atomic E-state index is 11.5. The average molecular weight is 427 g/mol. The molecular weight excluding hydrogens is 408 g/mol. The van der Waals surface area contributed by atoms with Crippen molar-refractivity contribution in [2.24, 2.45) is 5.41 Å². The maximum Gasteiger partial charge on any atom is 0.355 e. The van der Waals surface area contributed by atoms with Crippen molar-refractivity contribution in [3.8, 4) is 0 Å². The molecule has 150 valence electrons. The Bertz CT molecular complexity index is 926. The number of halogens is 1. The van der Waals surface area contributed by atoms with Gasteiger partial charge in [0.15, 0.2) is 0 Å². The molecule has 0 radical (unpaired) electrons. The van der Waals surface area contributed by atoms with E-state index in [2.05, 4.69) is 0 Å². The summed E-state index contributed by atoms with van der Waals surface area (Å²) in [5.74, 6) is -2.23. The third kappa shape index (κ3) is 6.05. The molecule has 0 saturated carbocycles. The minimum Gasteiger partial charge on any atom is -0.478 e. The molecule has 2 aromatic rings. The average Bonchev–Trinajstić information content (AvgIpc) is 2.60. The van der Waals surface area contributed by atoms with Gasteiger partial charge in [-0.05, 0) is 36.1 Å². The molecule has 2 N–H and O–H groups in total. The van der Waals surface area contributed by atoms with Crippen LogP contribution in [0.25, 0.3) is 0 Å². The topological polar surface area (TPSA) is 118 Å². The van der Waals surface area contributed by atoms with Gasteiger partial charge in [0.1, 0.15) is 0 Å². The van der Waals surface area contributed by atoms with Crippen molar-refractivity contribution < 1.29 is 32.4 Å². The summed E-state index contributed by atoms with van der Waals surface area (Å²) in [4.78, 5) is 23.0. The third-order valence-corrected chi connectivity index (χ3v) is 4.94. The second-order valence-electron chi connectivity index (χ2n) is 6.74. The van der Waals surface area contributed by atoms with Gasteiger partial charge in [0.2, 0.25) is 0 Å². The predicted octanol–water partition coefficient (Wildman–Crippen LogP) is 3.37. The van der Waals surface area contributed by atoms with Crippen LogP contribution in [-0.4, -0.2) is 37.2 Å². The molecule has 0 saturated heterocycles. The molecule has 7 nitrogen and oxygen atoms in total. The highest BCUT2D eigenvalue weighted by Gasteiger charge is 2.31. The van der Waals surface area contributed by atoms with E-state index in [-0.39, 0.29) is 30.6 Å². The smallest absolute Gasteiger partial charge is 0.355 e. The van der Waals surface area contributed by atoms with Gasteiger partial charge in [-0.25, -0.2) is 9.59 Å². The molecule has 0 fully saturated rings. The molecule has 0 bridgehead atoms. The summed E-state index contributed by atoms with van der Waals surface area (Å²) in [7, 11) is 0.915. The van der Waals surface area contributed by atoms with Crippen LogP contribution >= 0.6 is 10.7 Å². The van der Waals surface area contributed by atoms with Crippen molar-refractivity contribution in [3.05, 3.63) is 70.8 Å². The molecular formula is C19H19ClO7S. The number of hydrogen-bond donors (Lipinski definition) is 2. The monoisotopic (exact) mass is 426 g/mol. The zero-order chi connectivity index (χ0) is 20.9. The lowest BCUT2D eigenvalue weighted by molar-refractivity contribution is 0.0685. The number of carbonyl (C=O) groups is 2. The van der Waals surface area contributed by atoms with Crippen LogP contribution in [0.1, 0.15) is 38.8 Å². The SMILES string of the molecule is CC(COS(=O)(=O)Cl)(Cc1ccccc1C(=O)O)Cc1ccccc1C(=O)O. The van der Waals surface area contributed by atoms with Crippen molar-refractivity contribution >= 4 is 32.0 Å². The number of carboxylic acid groups (broad SMARTS) is 2. The predicted molar refractivity (Wildman–Crippen MR) is 103 cm³/mol. The Balaban J connectivity index is 2.44. The lowest BCUT2D eigenvalue weighted by atomic mass is 9.77. The second kappa shape index (κ2) is 8.72. The van der Waals surface area contributed by atoms with E-state index < -0.39 is 26.7 Å². The highest BCUT2D eigenvalue weighted by molar-refractivity contribution is 8.09. The largest absolute Gasteiger partial charge is 0.478 e. The number of benzene rings is 2. The fraction of sp³-hybridized carbons (Fsp3) is 0.263. The van der Waals surface area contributed by atoms with Gasteiger partial charge in [-0.2, -0.15) is 8.42 Å². The minimum absolute atomic E-state index is 0.0778. The van der Waals surface area contributed by atoms with Crippen molar-refractivity contribution in [3.63, 3.8) is 0 Å². The Hall–Kier alpha value is -2.42. The number of aromatic carboxylic acids is 2. The first-order valence-electron chi connectivity index (χ1n) is 8.22. The number of rotatable bonds is 9. The summed E-state index contributed by atoms with van der Waals surface area (Å²) in [5, 5.41) is 18.8. The third-order valence-electron chi connectivity index (χ3n) is 4.28. The van der Waals surface area contributed by atoms with Gasteiger partial charge in [0.05, 0.1) is 17.7 Å². The lowest BCUT2D eigenvalue weighted by Gasteiger charge is -2.30. The zero-order valence-electron chi connectivity index (χ0n) is 15.0. The van der Waals surface area contributed by atoms with Crippen LogP contribution < -0.4 is 0 Å².